The van der Waals surface area contributed by atoms with Crippen LogP contribution in [0.4, 0.5) is 8.78 Å². The summed E-state index contributed by atoms with van der Waals surface area (Å²) >= 11 is 2.59. The lowest BCUT2D eigenvalue weighted by Crippen LogP contribution is -2.25. The Morgan fingerprint density at radius 1 is 0.769 bits per heavy atom. The molecule has 1 aromatic rings. The second kappa shape index (κ2) is 8.45. The van der Waals surface area contributed by atoms with Crippen molar-refractivity contribution >= 4 is 22.6 Å². The van der Waals surface area contributed by atoms with E-state index in [9.17, 15) is 8.78 Å². The molecule has 3 aliphatic carbocycles. The van der Waals surface area contributed by atoms with Crippen molar-refractivity contribution in [1.82, 2.24) is 0 Å². The summed E-state index contributed by atoms with van der Waals surface area (Å²) in [7, 11) is 0. The van der Waals surface area contributed by atoms with Crippen molar-refractivity contribution in [3.05, 3.63) is 34.9 Å². The maximum Gasteiger partial charge on any atom is 0.162 e. The molecule has 0 nitrogen and oxygen atoms in total. The van der Waals surface area contributed by atoms with Gasteiger partial charge in [0.15, 0.2) is 11.6 Å². The quantitative estimate of drug-likeness (QED) is 0.306. The predicted octanol–water partition coefficient (Wildman–Crippen LogP) is 7.58. The molecule has 0 aromatic heterocycles. The number of aryl methyl sites for hydroxylation is 1. The zero-order chi connectivity index (χ0) is 18.1. The molecule has 0 spiro atoms. The third-order valence-electron chi connectivity index (χ3n) is 7.29. The Labute approximate surface area is 170 Å². The van der Waals surface area contributed by atoms with E-state index in [2.05, 4.69) is 22.6 Å². The molecule has 0 atom stereocenters. The van der Waals surface area contributed by atoms with Crippen molar-refractivity contribution in [3.63, 3.8) is 0 Å². The molecule has 0 bridgehead atoms. The minimum absolute atomic E-state index is 0.221. The van der Waals surface area contributed by atoms with Crippen molar-refractivity contribution in [2.45, 2.75) is 86.9 Å². The minimum Gasteiger partial charge on any atom is -0.203 e. The summed E-state index contributed by atoms with van der Waals surface area (Å²) < 4.78 is 30.1. The Morgan fingerprint density at radius 2 is 1.38 bits per heavy atom. The van der Waals surface area contributed by atoms with Gasteiger partial charge in [0.1, 0.15) is 0 Å². The van der Waals surface area contributed by atoms with Crippen molar-refractivity contribution in [1.29, 1.82) is 0 Å². The molecule has 0 saturated heterocycles. The maximum atomic E-state index is 14.7. The van der Waals surface area contributed by atoms with E-state index < -0.39 is 11.6 Å². The van der Waals surface area contributed by atoms with Crippen molar-refractivity contribution in [3.8, 4) is 0 Å². The highest BCUT2D eigenvalue weighted by atomic mass is 127. The molecule has 3 heteroatoms. The fraction of sp³-hybridized carbons (Fsp3) is 0.739. The van der Waals surface area contributed by atoms with E-state index in [-0.39, 0.29) is 5.92 Å². The summed E-state index contributed by atoms with van der Waals surface area (Å²) in [5, 5.41) is 0. The van der Waals surface area contributed by atoms with Crippen LogP contribution in [0.15, 0.2) is 12.1 Å². The van der Waals surface area contributed by atoms with Crippen molar-refractivity contribution in [2.24, 2.45) is 17.8 Å². The van der Waals surface area contributed by atoms with Crippen LogP contribution in [-0.2, 0) is 6.42 Å². The van der Waals surface area contributed by atoms with Crippen LogP contribution in [0.3, 0.4) is 0 Å². The molecule has 3 saturated carbocycles. The molecule has 0 unspecified atom stereocenters. The van der Waals surface area contributed by atoms with Crippen LogP contribution in [0, 0.1) is 29.4 Å². The first kappa shape index (κ1) is 19.1. The molecule has 144 valence electrons. The third-order valence-corrected chi connectivity index (χ3v) is 8.54. The molecule has 4 rings (SSSR count). The smallest absolute Gasteiger partial charge is 0.162 e. The van der Waals surface area contributed by atoms with E-state index in [0.29, 0.717) is 17.5 Å². The first-order valence-electron chi connectivity index (χ1n) is 10.7. The molecule has 0 radical (unpaired) electrons. The van der Waals surface area contributed by atoms with Gasteiger partial charge in [0.25, 0.3) is 0 Å². The number of hydrogen-bond acceptors (Lipinski definition) is 0. The average molecular weight is 472 g/mol. The average Bonchev–Trinajstić information content (AvgIpc) is 3.48. The number of alkyl halides is 1. The molecule has 0 heterocycles. The molecular formula is C23H31F2I. The van der Waals surface area contributed by atoms with Gasteiger partial charge in [0.2, 0.25) is 0 Å². The predicted molar refractivity (Wildman–Crippen MR) is 112 cm³/mol. The fourth-order valence-corrected chi connectivity index (χ4v) is 6.05. The van der Waals surface area contributed by atoms with Gasteiger partial charge in [-0.1, -0.05) is 47.6 Å². The van der Waals surface area contributed by atoms with Gasteiger partial charge in [0, 0.05) is 3.92 Å². The zero-order valence-electron chi connectivity index (χ0n) is 15.7. The summed E-state index contributed by atoms with van der Waals surface area (Å²) in [6, 6.07) is 3.76. The first-order chi connectivity index (χ1) is 12.6. The molecule has 1 aromatic carbocycles. The van der Waals surface area contributed by atoms with Crippen LogP contribution in [0.25, 0.3) is 0 Å². The van der Waals surface area contributed by atoms with Crippen LogP contribution in [-0.4, -0.2) is 3.92 Å². The van der Waals surface area contributed by atoms with Gasteiger partial charge in [-0.05, 0) is 99.0 Å². The van der Waals surface area contributed by atoms with Crippen LogP contribution < -0.4 is 0 Å². The largest absolute Gasteiger partial charge is 0.203 e. The van der Waals surface area contributed by atoms with Gasteiger partial charge >= 0.3 is 0 Å². The lowest BCUT2D eigenvalue weighted by molar-refractivity contribution is 0.188. The van der Waals surface area contributed by atoms with E-state index >= 15 is 0 Å². The highest BCUT2D eigenvalue weighted by Crippen LogP contribution is 2.44. The van der Waals surface area contributed by atoms with E-state index in [1.54, 1.807) is 0 Å². The van der Waals surface area contributed by atoms with Crippen molar-refractivity contribution < 1.29 is 8.78 Å². The van der Waals surface area contributed by atoms with Crippen LogP contribution in [0.2, 0.25) is 0 Å². The number of hydrogen-bond donors (Lipinski definition) is 0. The Morgan fingerprint density at radius 3 is 2.00 bits per heavy atom. The Balaban J connectivity index is 1.35. The lowest BCUT2D eigenvalue weighted by Gasteiger charge is -2.37. The van der Waals surface area contributed by atoms with Gasteiger partial charge in [-0.15, -0.1) is 0 Å². The molecule has 0 aliphatic heterocycles. The second-order valence-electron chi connectivity index (χ2n) is 9.05. The fourth-order valence-electron chi connectivity index (χ4n) is 5.33. The number of rotatable bonds is 5. The molecule has 3 aliphatic rings. The monoisotopic (exact) mass is 472 g/mol. The topological polar surface area (TPSA) is 0 Å². The minimum atomic E-state index is -0.564. The molecule has 0 amide bonds. The molecule has 26 heavy (non-hydrogen) atoms. The zero-order valence-corrected chi connectivity index (χ0v) is 17.8. The molecule has 3 fully saturated rings. The Bertz CT molecular complexity index is 609. The van der Waals surface area contributed by atoms with Crippen LogP contribution in [0.1, 0.15) is 87.7 Å². The van der Waals surface area contributed by atoms with E-state index in [1.165, 1.54) is 51.4 Å². The van der Waals surface area contributed by atoms with Crippen LogP contribution in [0.5, 0.6) is 0 Å². The van der Waals surface area contributed by atoms with Gasteiger partial charge < -0.3 is 0 Å². The highest BCUT2D eigenvalue weighted by molar-refractivity contribution is 14.1. The summed E-state index contributed by atoms with van der Waals surface area (Å²) in [6.07, 6.45) is 14.2. The highest BCUT2D eigenvalue weighted by Gasteiger charge is 2.32. The Kier molecular flexibility index (Phi) is 6.22. The molecule has 0 N–H and O–H groups in total. The van der Waals surface area contributed by atoms with Crippen LogP contribution >= 0.6 is 22.6 Å². The van der Waals surface area contributed by atoms with Crippen molar-refractivity contribution in [2.75, 3.05) is 0 Å². The van der Waals surface area contributed by atoms with Gasteiger partial charge in [-0.25, -0.2) is 8.78 Å². The summed E-state index contributed by atoms with van der Waals surface area (Å²) in [5.74, 6) is 1.57. The SMILES string of the molecule is Fc1c(CCC2CC2)ccc(C2CCC(C3CCC(I)CC3)CC2)c1F. The van der Waals surface area contributed by atoms with E-state index in [1.807, 2.05) is 12.1 Å². The lowest BCUT2D eigenvalue weighted by atomic mass is 9.70. The number of benzene rings is 1. The standard InChI is InChI=1S/C23H31F2I/c24-22-19(4-3-15-1-2-15)11-14-21(23(22)25)18-7-5-16(6-8-18)17-9-12-20(26)13-10-17/h11,14-18,20H,1-10,12-13H2. The molecular weight excluding hydrogens is 441 g/mol. The third kappa shape index (κ3) is 4.44. The van der Waals surface area contributed by atoms with E-state index in [0.717, 1.165) is 40.9 Å². The summed E-state index contributed by atoms with van der Waals surface area (Å²) in [4.78, 5) is 0. The normalized spacial score (nSPS) is 32.6. The van der Waals surface area contributed by atoms with Gasteiger partial charge in [0.05, 0.1) is 0 Å². The van der Waals surface area contributed by atoms with Gasteiger partial charge in [-0.2, -0.15) is 0 Å². The van der Waals surface area contributed by atoms with Gasteiger partial charge in [-0.3, -0.25) is 0 Å². The first-order valence-corrected chi connectivity index (χ1v) is 12.0. The second-order valence-corrected chi connectivity index (χ2v) is 10.8. The number of halogens is 3. The maximum absolute atomic E-state index is 14.7. The Hall–Kier alpha value is -0.190. The summed E-state index contributed by atoms with van der Waals surface area (Å²) in [6.45, 7) is 0. The van der Waals surface area contributed by atoms with E-state index in [4.69, 9.17) is 0 Å². The summed E-state index contributed by atoms with van der Waals surface area (Å²) in [5.41, 5.74) is 1.23.